The lowest BCUT2D eigenvalue weighted by Gasteiger charge is -2.24. The molecule has 2 heterocycles. The Morgan fingerprint density at radius 2 is 2.33 bits per heavy atom. The van der Waals surface area contributed by atoms with Crippen LogP contribution in [0.2, 0.25) is 0 Å². The highest BCUT2D eigenvalue weighted by molar-refractivity contribution is 5.93. The molecule has 0 bridgehead atoms. The molecule has 0 saturated carbocycles. The number of nitrogens with one attached hydrogen (secondary N) is 2. The minimum Gasteiger partial charge on any atom is -0.503 e. The summed E-state index contributed by atoms with van der Waals surface area (Å²) in [4.78, 5) is 26.2. The SMILES string of the molecule is NCC(=O)NC(=O)Oc1nccc(C2CCCCN2)c1O. The van der Waals surface area contributed by atoms with Crippen LogP contribution in [0.3, 0.4) is 0 Å². The van der Waals surface area contributed by atoms with Gasteiger partial charge in [-0.1, -0.05) is 6.42 Å². The van der Waals surface area contributed by atoms with Crippen molar-refractivity contribution in [2.75, 3.05) is 13.1 Å². The Bertz CT molecular complexity index is 529. The zero-order valence-electron chi connectivity index (χ0n) is 11.5. The van der Waals surface area contributed by atoms with Crippen LogP contribution in [0.4, 0.5) is 4.79 Å². The van der Waals surface area contributed by atoms with Gasteiger partial charge in [0.1, 0.15) is 0 Å². The molecular formula is C13H18N4O4. The van der Waals surface area contributed by atoms with Gasteiger partial charge >= 0.3 is 6.09 Å². The average Bonchev–Trinajstić information content (AvgIpc) is 2.50. The summed E-state index contributed by atoms with van der Waals surface area (Å²) in [7, 11) is 0. The van der Waals surface area contributed by atoms with E-state index in [1.807, 2.05) is 5.32 Å². The first-order chi connectivity index (χ1) is 10.1. The molecule has 0 radical (unpaired) electrons. The Labute approximate surface area is 121 Å². The van der Waals surface area contributed by atoms with Crippen LogP contribution in [0.15, 0.2) is 12.3 Å². The maximum Gasteiger partial charge on any atom is 0.420 e. The Morgan fingerprint density at radius 3 is 3.00 bits per heavy atom. The van der Waals surface area contributed by atoms with Crippen LogP contribution in [-0.2, 0) is 4.79 Å². The molecule has 1 unspecified atom stereocenters. The fourth-order valence-electron chi connectivity index (χ4n) is 2.20. The van der Waals surface area contributed by atoms with Gasteiger partial charge in [-0.05, 0) is 25.5 Å². The monoisotopic (exact) mass is 294 g/mol. The van der Waals surface area contributed by atoms with Gasteiger partial charge in [0.15, 0.2) is 5.75 Å². The number of imide groups is 1. The van der Waals surface area contributed by atoms with Gasteiger partial charge < -0.3 is 20.9 Å². The lowest BCUT2D eigenvalue weighted by atomic mass is 9.98. The van der Waals surface area contributed by atoms with Crippen molar-refractivity contribution in [3.05, 3.63) is 17.8 Å². The summed E-state index contributed by atoms with van der Waals surface area (Å²) in [6.07, 6.45) is 3.45. The molecule has 114 valence electrons. The Morgan fingerprint density at radius 1 is 1.52 bits per heavy atom. The molecule has 0 spiro atoms. The molecule has 8 nitrogen and oxygen atoms in total. The third kappa shape index (κ3) is 3.89. The fourth-order valence-corrected chi connectivity index (χ4v) is 2.20. The van der Waals surface area contributed by atoms with Gasteiger partial charge in [-0.2, -0.15) is 0 Å². The summed E-state index contributed by atoms with van der Waals surface area (Å²) >= 11 is 0. The van der Waals surface area contributed by atoms with Crippen LogP contribution < -0.4 is 21.1 Å². The second-order valence-electron chi connectivity index (χ2n) is 4.70. The molecule has 0 aliphatic carbocycles. The number of hydrogen-bond donors (Lipinski definition) is 4. The number of nitrogens with two attached hydrogens (primary N) is 1. The first-order valence-electron chi connectivity index (χ1n) is 6.74. The van der Waals surface area contributed by atoms with E-state index in [1.165, 1.54) is 6.20 Å². The van der Waals surface area contributed by atoms with E-state index < -0.39 is 12.0 Å². The van der Waals surface area contributed by atoms with Crippen molar-refractivity contribution < 1.29 is 19.4 Å². The molecule has 1 saturated heterocycles. The molecule has 1 aromatic heterocycles. The van der Waals surface area contributed by atoms with Gasteiger partial charge in [-0.25, -0.2) is 9.78 Å². The molecule has 5 N–H and O–H groups in total. The first kappa shape index (κ1) is 15.2. The zero-order valence-corrected chi connectivity index (χ0v) is 11.5. The maximum atomic E-state index is 11.4. The molecule has 1 aromatic rings. The first-order valence-corrected chi connectivity index (χ1v) is 6.74. The van der Waals surface area contributed by atoms with Crippen LogP contribution in [0.25, 0.3) is 0 Å². The van der Waals surface area contributed by atoms with Crippen LogP contribution in [0.1, 0.15) is 30.9 Å². The number of ether oxygens (including phenoxy) is 1. The third-order valence-corrected chi connectivity index (χ3v) is 3.22. The van der Waals surface area contributed by atoms with Gasteiger partial charge in [0.05, 0.1) is 6.54 Å². The second kappa shape index (κ2) is 7.00. The Hall–Kier alpha value is -2.19. The molecular weight excluding hydrogens is 276 g/mol. The van der Waals surface area contributed by atoms with Gasteiger partial charge in [0, 0.05) is 17.8 Å². The maximum absolute atomic E-state index is 11.4. The molecule has 1 fully saturated rings. The number of carbonyl (C=O) groups excluding carboxylic acids is 2. The number of hydrogen-bond acceptors (Lipinski definition) is 7. The lowest BCUT2D eigenvalue weighted by Crippen LogP contribution is -2.37. The smallest absolute Gasteiger partial charge is 0.420 e. The molecule has 0 aromatic carbocycles. The number of aromatic hydroxyl groups is 1. The van der Waals surface area contributed by atoms with Crippen molar-refractivity contribution >= 4 is 12.0 Å². The highest BCUT2D eigenvalue weighted by Gasteiger charge is 2.22. The highest BCUT2D eigenvalue weighted by Crippen LogP contribution is 2.34. The molecule has 1 aliphatic heterocycles. The van der Waals surface area contributed by atoms with E-state index in [1.54, 1.807) is 6.07 Å². The predicted octanol–water partition coefficient (Wildman–Crippen LogP) is 0.175. The molecule has 1 atom stereocenters. The lowest BCUT2D eigenvalue weighted by molar-refractivity contribution is -0.118. The molecule has 2 rings (SSSR count). The number of amides is 2. The van der Waals surface area contributed by atoms with Gasteiger partial charge in [0.2, 0.25) is 5.91 Å². The normalized spacial score (nSPS) is 18.0. The number of aromatic nitrogens is 1. The quantitative estimate of drug-likeness (QED) is 0.626. The van der Waals surface area contributed by atoms with Crippen LogP contribution in [0.5, 0.6) is 11.6 Å². The van der Waals surface area contributed by atoms with Gasteiger partial charge in [-0.15, -0.1) is 0 Å². The molecule has 1 aliphatic rings. The number of nitrogens with zero attached hydrogens (tertiary/aromatic N) is 1. The average molecular weight is 294 g/mol. The third-order valence-electron chi connectivity index (χ3n) is 3.22. The Kier molecular flexibility index (Phi) is 5.07. The van der Waals surface area contributed by atoms with Crippen LogP contribution >= 0.6 is 0 Å². The van der Waals surface area contributed by atoms with Crippen molar-refractivity contribution in [1.29, 1.82) is 0 Å². The minimum atomic E-state index is -1.03. The molecule has 8 heteroatoms. The van der Waals surface area contributed by atoms with Crippen molar-refractivity contribution in [3.8, 4) is 11.6 Å². The van der Waals surface area contributed by atoms with Gasteiger partial charge in [0.25, 0.3) is 5.88 Å². The van der Waals surface area contributed by atoms with E-state index >= 15 is 0 Å². The van der Waals surface area contributed by atoms with E-state index in [0.29, 0.717) is 5.56 Å². The molecule has 21 heavy (non-hydrogen) atoms. The zero-order chi connectivity index (χ0) is 15.2. The number of piperidine rings is 1. The van der Waals surface area contributed by atoms with E-state index in [4.69, 9.17) is 10.5 Å². The topological polar surface area (TPSA) is 127 Å². The van der Waals surface area contributed by atoms with Crippen LogP contribution in [-0.4, -0.2) is 35.2 Å². The summed E-state index contributed by atoms with van der Waals surface area (Å²) < 4.78 is 4.83. The van der Waals surface area contributed by atoms with Crippen molar-refractivity contribution in [3.63, 3.8) is 0 Å². The highest BCUT2D eigenvalue weighted by atomic mass is 16.6. The predicted molar refractivity (Wildman–Crippen MR) is 73.7 cm³/mol. The summed E-state index contributed by atoms with van der Waals surface area (Å²) in [5.74, 6) is -1.11. The van der Waals surface area contributed by atoms with E-state index in [0.717, 1.165) is 25.8 Å². The molecule has 2 amide bonds. The number of pyridine rings is 1. The largest absolute Gasteiger partial charge is 0.503 e. The van der Waals surface area contributed by atoms with Crippen molar-refractivity contribution in [2.24, 2.45) is 5.73 Å². The second-order valence-corrected chi connectivity index (χ2v) is 4.70. The number of rotatable bonds is 3. The standard InChI is InChI=1S/C13H18N4O4/c14-7-10(18)17-13(20)21-12-11(19)8(4-6-16-12)9-3-1-2-5-15-9/h4,6,9,15,19H,1-3,5,7,14H2,(H,17,18,20). The summed E-state index contributed by atoms with van der Waals surface area (Å²) in [5, 5.41) is 15.4. The van der Waals surface area contributed by atoms with E-state index in [9.17, 15) is 14.7 Å². The minimum absolute atomic E-state index is 0.00200. The summed E-state index contributed by atoms with van der Waals surface area (Å²) in [6.45, 7) is 0.536. The summed E-state index contributed by atoms with van der Waals surface area (Å²) in [6, 6.07) is 1.67. The van der Waals surface area contributed by atoms with E-state index in [2.05, 4.69) is 10.3 Å². The fraction of sp³-hybridized carbons (Fsp3) is 0.462. The van der Waals surface area contributed by atoms with Crippen molar-refractivity contribution in [1.82, 2.24) is 15.6 Å². The van der Waals surface area contributed by atoms with Crippen LogP contribution in [0, 0.1) is 0 Å². The Balaban J connectivity index is 2.10. The summed E-state index contributed by atoms with van der Waals surface area (Å²) in [5.41, 5.74) is 5.69. The van der Waals surface area contributed by atoms with Gasteiger partial charge in [-0.3, -0.25) is 10.1 Å². The van der Waals surface area contributed by atoms with Crippen molar-refractivity contribution in [2.45, 2.75) is 25.3 Å². The number of carbonyl (C=O) groups is 2. The van der Waals surface area contributed by atoms with E-state index in [-0.39, 0.29) is 24.2 Å².